The third-order valence-electron chi connectivity index (χ3n) is 3.60. The Balaban J connectivity index is 2.28. The molecule has 2 rings (SSSR count). The van der Waals surface area contributed by atoms with E-state index in [1.54, 1.807) is 43.4 Å². The Morgan fingerprint density at radius 2 is 1.83 bits per heavy atom. The molecule has 24 heavy (non-hydrogen) atoms. The molecule has 1 N–H and O–H groups in total. The molecule has 0 fully saturated rings. The first-order valence-corrected chi connectivity index (χ1v) is 8.53. The largest absolute Gasteiger partial charge is 0.497 e. The summed E-state index contributed by atoms with van der Waals surface area (Å²) in [5.41, 5.74) is 1.41. The normalized spacial score (nSPS) is 10.3. The summed E-state index contributed by atoms with van der Waals surface area (Å²) >= 11 is 2.19. The van der Waals surface area contributed by atoms with Crippen LogP contribution in [-0.4, -0.2) is 43.3 Å². The molecule has 1 amide bonds. The van der Waals surface area contributed by atoms with Crippen LogP contribution in [0.4, 0.5) is 0 Å². The van der Waals surface area contributed by atoms with Crippen molar-refractivity contribution in [3.8, 4) is 11.5 Å². The molecule has 0 unspecified atom stereocenters. The lowest BCUT2D eigenvalue weighted by atomic mass is 10.1. The van der Waals surface area contributed by atoms with Crippen molar-refractivity contribution in [1.29, 1.82) is 0 Å². The number of benzene rings is 2. The second-order valence-electron chi connectivity index (χ2n) is 5.13. The minimum atomic E-state index is -0.134. The molecule has 0 heterocycles. The topological polar surface area (TPSA) is 59.0 Å². The van der Waals surface area contributed by atoms with Crippen molar-refractivity contribution in [2.45, 2.75) is 6.54 Å². The van der Waals surface area contributed by atoms with Gasteiger partial charge in [-0.2, -0.15) is 0 Å². The Morgan fingerprint density at radius 3 is 2.42 bits per heavy atom. The van der Waals surface area contributed by atoms with E-state index in [9.17, 15) is 9.90 Å². The van der Waals surface area contributed by atoms with Crippen molar-refractivity contribution in [1.82, 2.24) is 4.90 Å². The number of carbonyl (C=O) groups is 1. The van der Waals surface area contributed by atoms with Gasteiger partial charge in [0.05, 0.1) is 20.8 Å². The summed E-state index contributed by atoms with van der Waals surface area (Å²) in [6.07, 6.45) is 0. The number of amides is 1. The third kappa shape index (κ3) is 4.61. The molecule has 6 heteroatoms. The molecule has 2 aromatic carbocycles. The highest BCUT2D eigenvalue weighted by Crippen LogP contribution is 2.25. The lowest BCUT2D eigenvalue weighted by Gasteiger charge is -2.23. The Labute approximate surface area is 155 Å². The van der Waals surface area contributed by atoms with Gasteiger partial charge in [-0.15, -0.1) is 0 Å². The van der Waals surface area contributed by atoms with Crippen LogP contribution in [-0.2, 0) is 6.54 Å². The minimum absolute atomic E-state index is 0.109. The number of methoxy groups -OCH3 is 2. The van der Waals surface area contributed by atoms with Gasteiger partial charge in [-0.05, 0) is 65.1 Å². The average Bonchev–Trinajstić information content (AvgIpc) is 2.61. The summed E-state index contributed by atoms with van der Waals surface area (Å²) in [7, 11) is 3.18. The van der Waals surface area contributed by atoms with Crippen LogP contribution in [0.2, 0.25) is 0 Å². The van der Waals surface area contributed by atoms with Crippen molar-refractivity contribution in [2.75, 3.05) is 27.4 Å². The second kappa shape index (κ2) is 8.89. The predicted octanol–water partition coefficient (Wildman–Crippen LogP) is 2.94. The first-order valence-electron chi connectivity index (χ1n) is 7.45. The second-order valence-corrected chi connectivity index (χ2v) is 6.38. The molecule has 0 radical (unpaired) electrons. The van der Waals surface area contributed by atoms with Crippen molar-refractivity contribution >= 4 is 28.5 Å². The summed E-state index contributed by atoms with van der Waals surface area (Å²) in [4.78, 5) is 14.3. The van der Waals surface area contributed by atoms with Gasteiger partial charge in [-0.1, -0.05) is 0 Å². The Kier molecular flexibility index (Phi) is 6.86. The fraction of sp³-hybridized carbons (Fsp3) is 0.278. The molecule has 0 spiro atoms. The van der Waals surface area contributed by atoms with Gasteiger partial charge in [-0.3, -0.25) is 4.79 Å². The number of aliphatic hydroxyl groups is 1. The lowest BCUT2D eigenvalue weighted by Crippen LogP contribution is -2.33. The number of rotatable bonds is 7. The van der Waals surface area contributed by atoms with Gasteiger partial charge in [0.1, 0.15) is 11.5 Å². The van der Waals surface area contributed by atoms with Gasteiger partial charge in [0.2, 0.25) is 0 Å². The molecule has 0 bridgehead atoms. The van der Waals surface area contributed by atoms with E-state index in [1.165, 1.54) is 0 Å². The number of hydrogen-bond donors (Lipinski definition) is 1. The van der Waals surface area contributed by atoms with Crippen LogP contribution in [0.3, 0.4) is 0 Å². The molecule has 0 saturated heterocycles. The smallest absolute Gasteiger partial charge is 0.254 e. The SMILES string of the molecule is COc1ccc(OC)c(CN(CCO)C(=O)c2ccc(I)cc2)c1. The lowest BCUT2D eigenvalue weighted by molar-refractivity contribution is 0.0706. The molecule has 0 aromatic heterocycles. The average molecular weight is 441 g/mol. The number of nitrogens with zero attached hydrogens (tertiary/aromatic N) is 1. The molecular weight excluding hydrogens is 421 g/mol. The maximum absolute atomic E-state index is 12.7. The third-order valence-corrected chi connectivity index (χ3v) is 4.32. The van der Waals surface area contributed by atoms with Crippen LogP contribution in [0.25, 0.3) is 0 Å². The first-order chi connectivity index (χ1) is 11.6. The zero-order valence-corrected chi connectivity index (χ0v) is 15.8. The van der Waals surface area contributed by atoms with Crippen LogP contribution < -0.4 is 9.47 Å². The standard InChI is InChI=1S/C18H20INO4/c1-23-16-7-8-17(24-2)14(11-16)12-20(9-10-21)18(22)13-3-5-15(19)6-4-13/h3-8,11,21H,9-10,12H2,1-2H3. The van der Waals surface area contributed by atoms with Crippen LogP contribution in [0, 0.1) is 3.57 Å². The van der Waals surface area contributed by atoms with E-state index in [2.05, 4.69) is 22.6 Å². The van der Waals surface area contributed by atoms with E-state index in [0.29, 0.717) is 23.6 Å². The highest BCUT2D eigenvalue weighted by molar-refractivity contribution is 14.1. The van der Waals surface area contributed by atoms with E-state index in [-0.39, 0.29) is 19.1 Å². The molecule has 0 aliphatic rings. The molecule has 0 saturated carbocycles. The number of carbonyl (C=O) groups excluding carboxylic acids is 1. The van der Waals surface area contributed by atoms with E-state index in [4.69, 9.17) is 9.47 Å². The van der Waals surface area contributed by atoms with E-state index < -0.39 is 0 Å². The highest BCUT2D eigenvalue weighted by Gasteiger charge is 2.18. The van der Waals surface area contributed by atoms with Crippen molar-refractivity contribution < 1.29 is 19.4 Å². The Bertz CT molecular complexity index is 688. The summed E-state index contributed by atoms with van der Waals surface area (Å²) in [5, 5.41) is 9.33. The van der Waals surface area contributed by atoms with Gasteiger partial charge in [-0.25, -0.2) is 0 Å². The number of hydrogen-bond acceptors (Lipinski definition) is 4. The summed E-state index contributed by atoms with van der Waals surface area (Å²) in [5.74, 6) is 1.23. The molecule has 0 atom stereocenters. The van der Waals surface area contributed by atoms with Crippen LogP contribution in [0.1, 0.15) is 15.9 Å². The predicted molar refractivity (Wildman–Crippen MR) is 101 cm³/mol. The minimum Gasteiger partial charge on any atom is -0.497 e. The fourth-order valence-corrected chi connectivity index (χ4v) is 2.72. The van der Waals surface area contributed by atoms with Crippen LogP contribution in [0.5, 0.6) is 11.5 Å². The summed E-state index contributed by atoms with van der Waals surface area (Å²) in [6.45, 7) is 0.458. The fourth-order valence-electron chi connectivity index (χ4n) is 2.36. The highest BCUT2D eigenvalue weighted by atomic mass is 127. The van der Waals surface area contributed by atoms with Gasteiger partial charge in [0, 0.05) is 27.8 Å². The van der Waals surface area contributed by atoms with E-state index >= 15 is 0 Å². The molecule has 0 aliphatic heterocycles. The number of aliphatic hydroxyl groups excluding tert-OH is 1. The maximum Gasteiger partial charge on any atom is 0.254 e. The molecule has 0 aliphatic carbocycles. The zero-order chi connectivity index (χ0) is 17.5. The van der Waals surface area contributed by atoms with Gasteiger partial charge in [0.25, 0.3) is 5.91 Å². The van der Waals surface area contributed by atoms with Gasteiger partial charge >= 0.3 is 0 Å². The van der Waals surface area contributed by atoms with Crippen molar-refractivity contribution in [3.63, 3.8) is 0 Å². The number of halogens is 1. The maximum atomic E-state index is 12.7. The number of ether oxygens (including phenoxy) is 2. The Morgan fingerprint density at radius 1 is 1.12 bits per heavy atom. The van der Waals surface area contributed by atoms with Crippen molar-refractivity contribution in [2.24, 2.45) is 0 Å². The van der Waals surface area contributed by atoms with E-state index in [1.807, 2.05) is 18.2 Å². The zero-order valence-electron chi connectivity index (χ0n) is 13.7. The van der Waals surface area contributed by atoms with Gasteiger partial charge in [0.15, 0.2) is 0 Å². The quantitative estimate of drug-likeness (QED) is 0.672. The molecular formula is C18H20INO4. The van der Waals surface area contributed by atoms with Crippen LogP contribution in [0.15, 0.2) is 42.5 Å². The Hall–Kier alpha value is -1.80. The van der Waals surface area contributed by atoms with E-state index in [0.717, 1.165) is 9.13 Å². The monoisotopic (exact) mass is 441 g/mol. The molecule has 128 valence electrons. The van der Waals surface area contributed by atoms with Crippen LogP contribution >= 0.6 is 22.6 Å². The first kappa shape index (κ1) is 18.5. The molecule has 2 aromatic rings. The summed E-state index contributed by atoms with van der Waals surface area (Å²) < 4.78 is 11.7. The van der Waals surface area contributed by atoms with Crippen molar-refractivity contribution in [3.05, 3.63) is 57.2 Å². The molecule has 5 nitrogen and oxygen atoms in total. The van der Waals surface area contributed by atoms with Gasteiger partial charge < -0.3 is 19.5 Å². The summed E-state index contributed by atoms with van der Waals surface area (Å²) in [6, 6.07) is 12.8.